The number of amides is 2. The molecule has 1 heterocycles. The summed E-state index contributed by atoms with van der Waals surface area (Å²) in [5.74, 6) is -1.59. The molecule has 0 radical (unpaired) electrons. The van der Waals surface area contributed by atoms with Gasteiger partial charge in [-0.25, -0.2) is 4.39 Å². The highest BCUT2D eigenvalue weighted by molar-refractivity contribution is 6.30. The Morgan fingerprint density at radius 2 is 2.00 bits per heavy atom. The molecule has 3 rings (SSSR count). The van der Waals surface area contributed by atoms with Crippen LogP contribution in [0.3, 0.4) is 0 Å². The molecular weight excluding hydrogens is 343 g/mol. The fourth-order valence-corrected chi connectivity index (χ4v) is 3.04. The highest BCUT2D eigenvalue weighted by Gasteiger charge is 2.35. The van der Waals surface area contributed by atoms with Crippen molar-refractivity contribution in [1.82, 2.24) is 0 Å². The van der Waals surface area contributed by atoms with Gasteiger partial charge >= 0.3 is 0 Å². The lowest BCUT2D eigenvalue weighted by molar-refractivity contribution is -0.122. The van der Waals surface area contributed by atoms with Crippen LogP contribution in [-0.4, -0.2) is 18.4 Å². The summed E-state index contributed by atoms with van der Waals surface area (Å²) in [6, 6.07) is 11.7. The van der Waals surface area contributed by atoms with Crippen molar-refractivity contribution in [2.45, 2.75) is 19.8 Å². The molecular formula is C19H18ClFN2O2. The van der Waals surface area contributed by atoms with Gasteiger partial charge in [-0.05, 0) is 42.3 Å². The highest BCUT2D eigenvalue weighted by atomic mass is 35.5. The van der Waals surface area contributed by atoms with E-state index in [0.717, 1.165) is 12.1 Å². The second-order valence-corrected chi connectivity index (χ2v) is 6.48. The zero-order valence-electron chi connectivity index (χ0n) is 13.8. The molecule has 1 N–H and O–H groups in total. The summed E-state index contributed by atoms with van der Waals surface area (Å²) in [7, 11) is 0. The summed E-state index contributed by atoms with van der Waals surface area (Å²) in [5, 5.41) is 2.86. The standard InChI is InChI=1S/C19H18ClFN2O2/c1-2-12-3-6-15(7-4-12)23-11-13(9-18(23)24)19(25)22-17-10-14(20)5-8-16(17)21/h3-8,10,13H,2,9,11H2,1H3,(H,22,25). The highest BCUT2D eigenvalue weighted by Crippen LogP contribution is 2.27. The maximum atomic E-state index is 13.8. The number of nitrogens with zero attached hydrogens (tertiary/aromatic N) is 1. The molecule has 130 valence electrons. The van der Waals surface area contributed by atoms with Crippen molar-refractivity contribution in [3.63, 3.8) is 0 Å². The van der Waals surface area contributed by atoms with Crippen molar-refractivity contribution >= 4 is 34.8 Å². The first-order chi connectivity index (χ1) is 12.0. The van der Waals surface area contributed by atoms with E-state index < -0.39 is 11.7 Å². The van der Waals surface area contributed by atoms with E-state index in [2.05, 4.69) is 12.2 Å². The van der Waals surface area contributed by atoms with Crippen molar-refractivity contribution in [3.05, 3.63) is 58.9 Å². The summed E-state index contributed by atoms with van der Waals surface area (Å²) in [6.07, 6.45) is 1.02. The Morgan fingerprint density at radius 1 is 1.28 bits per heavy atom. The monoisotopic (exact) mass is 360 g/mol. The summed E-state index contributed by atoms with van der Waals surface area (Å²) in [5.41, 5.74) is 1.98. The summed E-state index contributed by atoms with van der Waals surface area (Å²) >= 11 is 5.83. The van der Waals surface area contributed by atoms with Gasteiger partial charge in [0.1, 0.15) is 5.82 Å². The van der Waals surface area contributed by atoms with Gasteiger partial charge in [-0.15, -0.1) is 0 Å². The number of hydrogen-bond donors (Lipinski definition) is 1. The second-order valence-electron chi connectivity index (χ2n) is 6.04. The van der Waals surface area contributed by atoms with Gasteiger partial charge in [-0.1, -0.05) is 30.7 Å². The van der Waals surface area contributed by atoms with Crippen LogP contribution >= 0.6 is 11.6 Å². The third-order valence-electron chi connectivity index (χ3n) is 4.34. The minimum absolute atomic E-state index is 0.0238. The normalized spacial score (nSPS) is 17.0. The molecule has 0 bridgehead atoms. The number of halogens is 2. The Balaban J connectivity index is 1.70. The van der Waals surface area contributed by atoms with Crippen LogP contribution in [0.4, 0.5) is 15.8 Å². The first-order valence-corrected chi connectivity index (χ1v) is 8.51. The number of nitrogens with one attached hydrogen (secondary N) is 1. The zero-order valence-corrected chi connectivity index (χ0v) is 14.5. The number of anilines is 2. The number of rotatable bonds is 4. The molecule has 2 aromatic carbocycles. The van der Waals surface area contributed by atoms with Gasteiger partial charge in [0.05, 0.1) is 11.6 Å². The largest absolute Gasteiger partial charge is 0.323 e. The molecule has 0 spiro atoms. The van der Waals surface area contributed by atoms with Gasteiger partial charge in [-0.2, -0.15) is 0 Å². The molecule has 1 aliphatic rings. The summed E-state index contributed by atoms with van der Waals surface area (Å²) in [4.78, 5) is 26.3. The molecule has 2 amide bonds. The summed E-state index contributed by atoms with van der Waals surface area (Å²) < 4.78 is 13.8. The summed E-state index contributed by atoms with van der Waals surface area (Å²) in [6.45, 7) is 2.34. The molecule has 0 saturated carbocycles. The van der Waals surface area contributed by atoms with E-state index in [4.69, 9.17) is 11.6 Å². The Hall–Kier alpha value is -2.40. The number of benzene rings is 2. The number of carbonyl (C=O) groups is 2. The van der Waals surface area contributed by atoms with Crippen LogP contribution in [0.1, 0.15) is 18.9 Å². The van der Waals surface area contributed by atoms with Crippen molar-refractivity contribution in [2.24, 2.45) is 5.92 Å². The molecule has 1 atom stereocenters. The second kappa shape index (κ2) is 7.23. The number of aryl methyl sites for hydroxylation is 1. The van der Waals surface area contributed by atoms with E-state index in [1.54, 1.807) is 4.90 Å². The van der Waals surface area contributed by atoms with Gasteiger partial charge in [0.2, 0.25) is 11.8 Å². The van der Waals surface area contributed by atoms with Crippen LogP contribution in [0.5, 0.6) is 0 Å². The average Bonchev–Trinajstić information content (AvgIpc) is 3.00. The number of hydrogen-bond acceptors (Lipinski definition) is 2. The van der Waals surface area contributed by atoms with Crippen molar-refractivity contribution in [2.75, 3.05) is 16.8 Å². The molecule has 4 nitrogen and oxygen atoms in total. The van der Waals surface area contributed by atoms with Crippen LogP contribution in [-0.2, 0) is 16.0 Å². The fraction of sp³-hybridized carbons (Fsp3) is 0.263. The Kier molecular flexibility index (Phi) is 5.04. The van der Waals surface area contributed by atoms with Gasteiger partial charge in [-0.3, -0.25) is 9.59 Å². The minimum Gasteiger partial charge on any atom is -0.323 e. The van der Waals surface area contributed by atoms with Gasteiger partial charge in [0.25, 0.3) is 0 Å². The van der Waals surface area contributed by atoms with Crippen LogP contribution in [0.15, 0.2) is 42.5 Å². The fourth-order valence-electron chi connectivity index (χ4n) is 2.87. The van der Waals surface area contributed by atoms with E-state index >= 15 is 0 Å². The molecule has 1 saturated heterocycles. The average molecular weight is 361 g/mol. The SMILES string of the molecule is CCc1ccc(N2CC(C(=O)Nc3cc(Cl)ccc3F)CC2=O)cc1. The van der Waals surface area contributed by atoms with Crippen LogP contribution in [0.25, 0.3) is 0 Å². The van der Waals surface area contributed by atoms with Crippen molar-refractivity contribution in [3.8, 4) is 0 Å². The zero-order chi connectivity index (χ0) is 18.0. The third-order valence-corrected chi connectivity index (χ3v) is 4.57. The lowest BCUT2D eigenvalue weighted by Crippen LogP contribution is -2.28. The molecule has 1 fully saturated rings. The Bertz CT molecular complexity index is 808. The Morgan fingerprint density at radius 3 is 2.68 bits per heavy atom. The van der Waals surface area contributed by atoms with Gasteiger partial charge in [0.15, 0.2) is 0 Å². The predicted molar refractivity (Wildman–Crippen MR) is 96.3 cm³/mol. The minimum atomic E-state index is -0.561. The van der Waals surface area contributed by atoms with Gasteiger partial charge < -0.3 is 10.2 Å². The van der Waals surface area contributed by atoms with Crippen LogP contribution < -0.4 is 10.2 Å². The van der Waals surface area contributed by atoms with Crippen LogP contribution in [0.2, 0.25) is 5.02 Å². The maximum Gasteiger partial charge on any atom is 0.229 e. The molecule has 0 aromatic heterocycles. The molecule has 6 heteroatoms. The first kappa shape index (κ1) is 17.4. The predicted octanol–water partition coefficient (Wildman–Crippen LogP) is 4.03. The lowest BCUT2D eigenvalue weighted by atomic mass is 10.1. The van der Waals surface area contributed by atoms with Crippen molar-refractivity contribution in [1.29, 1.82) is 0 Å². The Labute approximate surface area is 150 Å². The third kappa shape index (κ3) is 3.82. The maximum absolute atomic E-state index is 13.8. The van der Waals surface area contributed by atoms with E-state index in [9.17, 15) is 14.0 Å². The van der Waals surface area contributed by atoms with E-state index in [-0.39, 0.29) is 30.5 Å². The van der Waals surface area contributed by atoms with E-state index in [1.165, 1.54) is 23.8 Å². The molecule has 1 unspecified atom stereocenters. The smallest absolute Gasteiger partial charge is 0.229 e. The van der Waals surface area contributed by atoms with Crippen molar-refractivity contribution < 1.29 is 14.0 Å². The lowest BCUT2D eigenvalue weighted by Gasteiger charge is -2.17. The van der Waals surface area contributed by atoms with Crippen LogP contribution in [0, 0.1) is 11.7 Å². The van der Waals surface area contributed by atoms with E-state index in [1.807, 2.05) is 24.3 Å². The van der Waals surface area contributed by atoms with E-state index in [0.29, 0.717) is 5.02 Å². The first-order valence-electron chi connectivity index (χ1n) is 8.13. The van der Waals surface area contributed by atoms with Gasteiger partial charge in [0, 0.05) is 23.7 Å². The topological polar surface area (TPSA) is 49.4 Å². The molecule has 25 heavy (non-hydrogen) atoms. The quantitative estimate of drug-likeness (QED) is 0.894. The molecule has 0 aliphatic carbocycles. The molecule has 1 aliphatic heterocycles. The number of carbonyl (C=O) groups excluding carboxylic acids is 2. The molecule has 2 aromatic rings.